The number of carbonyl (C=O) groups excluding carboxylic acids is 1. The highest BCUT2D eigenvalue weighted by molar-refractivity contribution is 7.13. The molecule has 22 heavy (non-hydrogen) atoms. The summed E-state index contributed by atoms with van der Waals surface area (Å²) in [5, 5.41) is 2.06. The number of anilines is 1. The van der Waals surface area contributed by atoms with Gasteiger partial charge in [-0.15, -0.1) is 11.3 Å². The number of morpholine rings is 1. The van der Waals surface area contributed by atoms with Crippen molar-refractivity contribution in [2.75, 3.05) is 18.0 Å². The van der Waals surface area contributed by atoms with Gasteiger partial charge >= 0.3 is 0 Å². The molecule has 1 aliphatic rings. The molecule has 2 aromatic rings. The van der Waals surface area contributed by atoms with E-state index in [0.29, 0.717) is 5.56 Å². The number of pyridine rings is 1. The summed E-state index contributed by atoms with van der Waals surface area (Å²) in [6, 6.07) is 4.03. The Bertz CT molecular complexity index is 673. The van der Waals surface area contributed by atoms with Crippen molar-refractivity contribution in [2.45, 2.75) is 33.0 Å². The van der Waals surface area contributed by atoms with Crippen LogP contribution in [0, 0.1) is 6.92 Å². The summed E-state index contributed by atoms with van der Waals surface area (Å²) in [6.07, 6.45) is 3.06. The van der Waals surface area contributed by atoms with Gasteiger partial charge in [-0.1, -0.05) is 0 Å². The Morgan fingerprint density at radius 3 is 2.68 bits per heavy atom. The van der Waals surface area contributed by atoms with E-state index in [4.69, 9.17) is 4.74 Å². The molecule has 0 N–H and O–H groups in total. The Balaban J connectivity index is 1.96. The lowest BCUT2D eigenvalue weighted by atomic mass is 10.1. The smallest absolute Gasteiger partial charge is 0.153 e. The maximum Gasteiger partial charge on any atom is 0.153 e. The van der Waals surface area contributed by atoms with E-state index in [1.54, 1.807) is 11.3 Å². The quantitative estimate of drug-likeness (QED) is 0.812. The lowest BCUT2D eigenvalue weighted by molar-refractivity contribution is -0.00549. The summed E-state index contributed by atoms with van der Waals surface area (Å²) in [6.45, 7) is 7.69. The lowest BCUT2D eigenvalue weighted by Gasteiger charge is -2.36. The maximum atomic E-state index is 11.5. The molecule has 0 aromatic carbocycles. The topological polar surface area (TPSA) is 42.4 Å². The van der Waals surface area contributed by atoms with Crippen LogP contribution in [-0.4, -0.2) is 36.6 Å². The molecule has 116 valence electrons. The number of aryl methyl sites for hydroxylation is 1. The monoisotopic (exact) mass is 316 g/mol. The predicted molar refractivity (Wildman–Crippen MR) is 89.9 cm³/mol. The van der Waals surface area contributed by atoms with Crippen LogP contribution in [0.4, 0.5) is 5.82 Å². The number of aldehydes is 1. The number of thiophene rings is 1. The molecule has 3 rings (SSSR count). The molecule has 2 aromatic heterocycles. The first kappa shape index (κ1) is 15.2. The summed E-state index contributed by atoms with van der Waals surface area (Å²) in [7, 11) is 0. The Morgan fingerprint density at radius 2 is 2.09 bits per heavy atom. The zero-order valence-electron chi connectivity index (χ0n) is 13.1. The van der Waals surface area contributed by atoms with E-state index in [2.05, 4.69) is 28.3 Å². The van der Waals surface area contributed by atoms with Crippen molar-refractivity contribution in [3.8, 4) is 10.4 Å². The highest BCUT2D eigenvalue weighted by Gasteiger charge is 2.25. The molecular formula is C17H20N2O2S. The Hall–Kier alpha value is -1.72. The van der Waals surface area contributed by atoms with Gasteiger partial charge in [0.2, 0.25) is 0 Å². The fourth-order valence-electron chi connectivity index (χ4n) is 2.97. The Kier molecular flexibility index (Phi) is 4.27. The molecule has 0 aliphatic carbocycles. The molecule has 0 unspecified atom stereocenters. The predicted octanol–water partition coefficient (Wildman–Crippen LogP) is 3.54. The molecule has 1 saturated heterocycles. The fraction of sp³-hybridized carbons (Fsp3) is 0.412. The number of hydrogen-bond donors (Lipinski definition) is 0. The SMILES string of the molecule is Cc1ccsc1-c1cnc(N2C[C@@H](C)O[C@@H](C)C2)c(C=O)c1. The standard InChI is InChI=1S/C17H20N2O2S/c1-11-4-5-22-16(11)14-6-15(10-20)17(18-7-14)19-8-12(2)21-13(3)9-19/h4-7,10,12-13H,8-9H2,1-3H3/t12-,13+. The van der Waals surface area contributed by atoms with Crippen molar-refractivity contribution in [3.05, 3.63) is 34.8 Å². The molecule has 0 saturated carbocycles. The summed E-state index contributed by atoms with van der Waals surface area (Å²) in [4.78, 5) is 19.4. The largest absolute Gasteiger partial charge is 0.372 e. The van der Waals surface area contributed by atoms with Gasteiger partial charge < -0.3 is 9.64 Å². The Labute approximate surface area is 134 Å². The van der Waals surface area contributed by atoms with Crippen LogP contribution in [0.25, 0.3) is 10.4 Å². The van der Waals surface area contributed by atoms with Crippen molar-refractivity contribution in [1.82, 2.24) is 4.98 Å². The number of ether oxygens (including phenoxy) is 1. The average Bonchev–Trinajstić information content (AvgIpc) is 2.91. The Morgan fingerprint density at radius 1 is 1.36 bits per heavy atom. The van der Waals surface area contributed by atoms with E-state index in [0.717, 1.165) is 30.8 Å². The minimum absolute atomic E-state index is 0.143. The van der Waals surface area contributed by atoms with E-state index in [9.17, 15) is 4.79 Å². The van der Waals surface area contributed by atoms with Crippen LogP contribution >= 0.6 is 11.3 Å². The van der Waals surface area contributed by atoms with Gasteiger partial charge in [0.05, 0.1) is 17.8 Å². The number of aromatic nitrogens is 1. The van der Waals surface area contributed by atoms with E-state index < -0.39 is 0 Å². The zero-order valence-corrected chi connectivity index (χ0v) is 13.9. The summed E-state index contributed by atoms with van der Waals surface area (Å²) in [5.74, 6) is 0.759. The second-order valence-corrected chi connectivity index (χ2v) is 6.77. The third-order valence-electron chi connectivity index (χ3n) is 3.87. The lowest BCUT2D eigenvalue weighted by Crippen LogP contribution is -2.46. The third-order valence-corrected chi connectivity index (χ3v) is 4.93. The number of hydrogen-bond acceptors (Lipinski definition) is 5. The number of nitrogens with zero attached hydrogens (tertiary/aromatic N) is 2. The van der Waals surface area contributed by atoms with Crippen molar-refractivity contribution in [3.63, 3.8) is 0 Å². The number of carbonyl (C=O) groups is 1. The van der Waals surface area contributed by atoms with Gasteiger partial charge in [-0.3, -0.25) is 4.79 Å². The minimum Gasteiger partial charge on any atom is -0.372 e. The molecular weight excluding hydrogens is 296 g/mol. The van der Waals surface area contributed by atoms with Gasteiger partial charge in [0.1, 0.15) is 5.82 Å². The van der Waals surface area contributed by atoms with Gasteiger partial charge in [-0.25, -0.2) is 4.98 Å². The highest BCUT2D eigenvalue weighted by Crippen LogP contribution is 2.31. The molecule has 0 radical (unpaired) electrons. The van der Waals surface area contributed by atoms with E-state index >= 15 is 0 Å². The first-order chi connectivity index (χ1) is 10.6. The van der Waals surface area contributed by atoms with Crippen LogP contribution in [0.2, 0.25) is 0 Å². The zero-order chi connectivity index (χ0) is 15.7. The van der Waals surface area contributed by atoms with Crippen molar-refractivity contribution < 1.29 is 9.53 Å². The first-order valence-electron chi connectivity index (χ1n) is 7.48. The summed E-state index contributed by atoms with van der Waals surface area (Å²) >= 11 is 1.67. The highest BCUT2D eigenvalue weighted by atomic mass is 32.1. The van der Waals surface area contributed by atoms with Gasteiger partial charge in [0.25, 0.3) is 0 Å². The van der Waals surface area contributed by atoms with Crippen LogP contribution in [0.3, 0.4) is 0 Å². The molecule has 0 bridgehead atoms. The van der Waals surface area contributed by atoms with Crippen LogP contribution < -0.4 is 4.90 Å². The van der Waals surface area contributed by atoms with Crippen molar-refractivity contribution in [2.24, 2.45) is 0 Å². The van der Waals surface area contributed by atoms with E-state index in [-0.39, 0.29) is 12.2 Å². The molecule has 2 atom stereocenters. The van der Waals surface area contributed by atoms with Crippen LogP contribution in [-0.2, 0) is 4.74 Å². The van der Waals surface area contributed by atoms with Crippen molar-refractivity contribution >= 4 is 23.4 Å². The van der Waals surface area contributed by atoms with Gasteiger partial charge in [0, 0.05) is 29.7 Å². The normalized spacial score (nSPS) is 21.9. The summed E-state index contributed by atoms with van der Waals surface area (Å²) < 4.78 is 5.75. The molecule has 0 spiro atoms. The van der Waals surface area contributed by atoms with Crippen LogP contribution in [0.5, 0.6) is 0 Å². The number of rotatable bonds is 3. The fourth-order valence-corrected chi connectivity index (χ4v) is 3.88. The average molecular weight is 316 g/mol. The van der Waals surface area contributed by atoms with Gasteiger partial charge in [-0.2, -0.15) is 0 Å². The first-order valence-corrected chi connectivity index (χ1v) is 8.36. The van der Waals surface area contributed by atoms with Crippen LogP contribution in [0.15, 0.2) is 23.7 Å². The molecule has 4 nitrogen and oxygen atoms in total. The van der Waals surface area contributed by atoms with Crippen LogP contribution in [0.1, 0.15) is 29.8 Å². The maximum absolute atomic E-state index is 11.5. The molecule has 0 amide bonds. The summed E-state index contributed by atoms with van der Waals surface area (Å²) in [5.41, 5.74) is 2.87. The van der Waals surface area contributed by atoms with Gasteiger partial charge in [-0.05, 0) is 43.8 Å². The van der Waals surface area contributed by atoms with Gasteiger partial charge in [0.15, 0.2) is 6.29 Å². The second-order valence-electron chi connectivity index (χ2n) is 5.85. The molecule has 1 aliphatic heterocycles. The molecule has 3 heterocycles. The second kappa shape index (κ2) is 6.18. The van der Waals surface area contributed by atoms with E-state index in [1.807, 2.05) is 26.1 Å². The third kappa shape index (κ3) is 2.91. The minimum atomic E-state index is 0.143. The molecule has 1 fully saturated rings. The van der Waals surface area contributed by atoms with E-state index in [1.165, 1.54) is 10.4 Å². The van der Waals surface area contributed by atoms with Crippen molar-refractivity contribution in [1.29, 1.82) is 0 Å². The molecule has 5 heteroatoms.